The predicted octanol–water partition coefficient (Wildman–Crippen LogP) is 3.29. The van der Waals surface area contributed by atoms with Crippen LogP contribution < -0.4 is 5.32 Å². The molecule has 0 saturated carbocycles. The van der Waals surface area contributed by atoms with E-state index in [0.717, 1.165) is 16.4 Å². The maximum absolute atomic E-state index is 5.87. The van der Waals surface area contributed by atoms with Crippen LogP contribution in [0.5, 0.6) is 0 Å². The summed E-state index contributed by atoms with van der Waals surface area (Å²) in [6.45, 7) is 4.75. The quantitative estimate of drug-likeness (QED) is 0.918. The van der Waals surface area contributed by atoms with Gasteiger partial charge in [-0.3, -0.25) is 9.97 Å². The van der Waals surface area contributed by atoms with Gasteiger partial charge in [0, 0.05) is 30.0 Å². The number of rotatable bonds is 4. The van der Waals surface area contributed by atoms with Crippen molar-refractivity contribution in [3.63, 3.8) is 0 Å². The number of halogens is 1. The van der Waals surface area contributed by atoms with Crippen LogP contribution in [0, 0.1) is 6.92 Å². The van der Waals surface area contributed by atoms with Crippen molar-refractivity contribution >= 4 is 11.6 Å². The Hall–Kier alpha value is -1.45. The summed E-state index contributed by atoms with van der Waals surface area (Å²) in [7, 11) is 0. The van der Waals surface area contributed by atoms with E-state index in [4.69, 9.17) is 11.6 Å². The second-order valence-corrected chi connectivity index (χ2v) is 4.74. The van der Waals surface area contributed by atoms with Gasteiger partial charge in [0.05, 0.1) is 11.4 Å². The molecule has 1 heterocycles. The molecular weight excluding hydrogens is 246 g/mol. The maximum Gasteiger partial charge on any atom is 0.0724 e. The summed E-state index contributed by atoms with van der Waals surface area (Å²) in [5.41, 5.74) is 3.09. The lowest BCUT2D eigenvalue weighted by molar-refractivity contribution is 0.566. The van der Waals surface area contributed by atoms with Crippen LogP contribution in [0.25, 0.3) is 0 Å². The van der Waals surface area contributed by atoms with Gasteiger partial charge in [0.1, 0.15) is 0 Å². The Morgan fingerprint density at radius 2 is 1.89 bits per heavy atom. The molecule has 0 amide bonds. The first-order valence-corrected chi connectivity index (χ1v) is 6.29. The van der Waals surface area contributed by atoms with Crippen molar-refractivity contribution in [2.75, 3.05) is 0 Å². The van der Waals surface area contributed by atoms with Gasteiger partial charge in [0.15, 0.2) is 0 Å². The summed E-state index contributed by atoms with van der Waals surface area (Å²) >= 11 is 5.87. The molecule has 0 aliphatic carbocycles. The minimum atomic E-state index is 0.255. The first-order chi connectivity index (χ1) is 8.65. The molecule has 2 rings (SSSR count). The Morgan fingerprint density at radius 1 is 1.17 bits per heavy atom. The summed E-state index contributed by atoms with van der Waals surface area (Å²) < 4.78 is 0. The van der Waals surface area contributed by atoms with Crippen LogP contribution in [0.4, 0.5) is 0 Å². The normalized spacial score (nSPS) is 12.4. The molecule has 1 N–H and O–H groups in total. The van der Waals surface area contributed by atoms with E-state index in [1.807, 2.05) is 31.2 Å². The molecule has 1 unspecified atom stereocenters. The molecule has 94 valence electrons. The maximum atomic E-state index is 5.87. The summed E-state index contributed by atoms with van der Waals surface area (Å²) in [5.74, 6) is 0. The fourth-order valence-corrected chi connectivity index (χ4v) is 1.76. The van der Waals surface area contributed by atoms with Crippen molar-refractivity contribution < 1.29 is 0 Å². The summed E-state index contributed by atoms with van der Waals surface area (Å²) in [6, 6.07) is 8.12. The van der Waals surface area contributed by atoms with Gasteiger partial charge in [0.2, 0.25) is 0 Å². The van der Waals surface area contributed by atoms with Gasteiger partial charge < -0.3 is 5.32 Å². The zero-order valence-corrected chi connectivity index (χ0v) is 11.3. The fourth-order valence-electron chi connectivity index (χ4n) is 1.64. The smallest absolute Gasteiger partial charge is 0.0724 e. The highest BCUT2D eigenvalue weighted by atomic mass is 35.5. The number of aromatic nitrogens is 2. The van der Waals surface area contributed by atoms with Crippen LogP contribution in [0.1, 0.15) is 29.9 Å². The van der Waals surface area contributed by atoms with Gasteiger partial charge in [-0.1, -0.05) is 23.7 Å². The van der Waals surface area contributed by atoms with Crippen LogP contribution >= 0.6 is 11.6 Å². The third kappa shape index (κ3) is 3.52. The number of hydrogen-bond donors (Lipinski definition) is 1. The molecule has 0 bridgehead atoms. The molecular formula is C14H16ClN3. The second kappa shape index (κ2) is 5.94. The Bertz CT molecular complexity index is 493. The van der Waals surface area contributed by atoms with E-state index in [-0.39, 0.29) is 6.04 Å². The van der Waals surface area contributed by atoms with E-state index in [0.29, 0.717) is 6.54 Å². The molecule has 1 aromatic heterocycles. The van der Waals surface area contributed by atoms with Crippen molar-refractivity contribution in [3.8, 4) is 0 Å². The molecule has 0 aliphatic heterocycles. The van der Waals surface area contributed by atoms with E-state index in [9.17, 15) is 0 Å². The molecule has 1 atom stereocenters. The van der Waals surface area contributed by atoms with Crippen LogP contribution in [0.3, 0.4) is 0 Å². The van der Waals surface area contributed by atoms with Crippen molar-refractivity contribution in [1.82, 2.24) is 15.3 Å². The minimum absolute atomic E-state index is 0.255. The first-order valence-electron chi connectivity index (χ1n) is 5.91. The van der Waals surface area contributed by atoms with Gasteiger partial charge in [-0.15, -0.1) is 0 Å². The minimum Gasteiger partial charge on any atom is -0.305 e. The Labute approximate surface area is 112 Å². The highest BCUT2D eigenvalue weighted by Crippen LogP contribution is 2.16. The molecule has 1 aromatic carbocycles. The number of benzene rings is 1. The van der Waals surface area contributed by atoms with Crippen LogP contribution in [0.2, 0.25) is 5.02 Å². The van der Waals surface area contributed by atoms with Crippen LogP contribution in [0.15, 0.2) is 36.7 Å². The van der Waals surface area contributed by atoms with Gasteiger partial charge >= 0.3 is 0 Å². The average Bonchev–Trinajstić information content (AvgIpc) is 2.38. The molecule has 3 nitrogen and oxygen atoms in total. The third-order valence-electron chi connectivity index (χ3n) is 2.79. The summed E-state index contributed by atoms with van der Waals surface area (Å²) in [5, 5.41) is 4.17. The van der Waals surface area contributed by atoms with Gasteiger partial charge in [-0.2, -0.15) is 0 Å². The monoisotopic (exact) mass is 261 g/mol. The Balaban J connectivity index is 1.93. The SMILES string of the molecule is Cc1cnc(CNC(C)c2ccc(Cl)cc2)cn1. The van der Waals surface area contributed by atoms with Gasteiger partial charge in [0.25, 0.3) is 0 Å². The summed E-state index contributed by atoms with van der Waals surface area (Å²) in [6.07, 6.45) is 3.58. The van der Waals surface area contributed by atoms with Gasteiger partial charge in [-0.05, 0) is 31.5 Å². The second-order valence-electron chi connectivity index (χ2n) is 4.30. The molecule has 4 heteroatoms. The number of nitrogens with one attached hydrogen (secondary N) is 1. The van der Waals surface area contributed by atoms with E-state index >= 15 is 0 Å². The number of nitrogens with zero attached hydrogens (tertiary/aromatic N) is 2. The molecule has 0 fully saturated rings. The molecule has 0 aliphatic rings. The molecule has 18 heavy (non-hydrogen) atoms. The lowest BCUT2D eigenvalue weighted by Crippen LogP contribution is -2.18. The highest BCUT2D eigenvalue weighted by molar-refractivity contribution is 6.30. The Kier molecular flexibility index (Phi) is 4.28. The molecule has 0 spiro atoms. The van der Waals surface area contributed by atoms with Gasteiger partial charge in [-0.25, -0.2) is 0 Å². The molecule has 2 aromatic rings. The van der Waals surface area contributed by atoms with Crippen molar-refractivity contribution in [2.45, 2.75) is 26.4 Å². The van der Waals surface area contributed by atoms with E-state index in [1.165, 1.54) is 5.56 Å². The van der Waals surface area contributed by atoms with E-state index in [2.05, 4.69) is 22.2 Å². The van der Waals surface area contributed by atoms with Crippen molar-refractivity contribution in [3.05, 3.63) is 58.6 Å². The first kappa shape index (κ1) is 13.0. The topological polar surface area (TPSA) is 37.8 Å². The highest BCUT2D eigenvalue weighted by Gasteiger charge is 2.05. The fraction of sp³-hybridized carbons (Fsp3) is 0.286. The largest absolute Gasteiger partial charge is 0.305 e. The molecule has 0 radical (unpaired) electrons. The number of aryl methyl sites for hydroxylation is 1. The zero-order chi connectivity index (χ0) is 13.0. The van der Waals surface area contributed by atoms with E-state index < -0.39 is 0 Å². The lowest BCUT2D eigenvalue weighted by Gasteiger charge is -2.13. The van der Waals surface area contributed by atoms with Crippen molar-refractivity contribution in [1.29, 1.82) is 0 Å². The predicted molar refractivity (Wildman–Crippen MR) is 73.5 cm³/mol. The summed E-state index contributed by atoms with van der Waals surface area (Å²) in [4.78, 5) is 8.53. The Morgan fingerprint density at radius 3 is 2.50 bits per heavy atom. The van der Waals surface area contributed by atoms with Crippen molar-refractivity contribution in [2.24, 2.45) is 0 Å². The number of hydrogen-bond acceptors (Lipinski definition) is 3. The third-order valence-corrected chi connectivity index (χ3v) is 3.05. The lowest BCUT2D eigenvalue weighted by atomic mass is 10.1. The average molecular weight is 262 g/mol. The van der Waals surface area contributed by atoms with E-state index in [1.54, 1.807) is 12.4 Å². The van der Waals surface area contributed by atoms with Crippen LogP contribution in [-0.4, -0.2) is 9.97 Å². The zero-order valence-electron chi connectivity index (χ0n) is 10.5. The van der Waals surface area contributed by atoms with Crippen LogP contribution in [-0.2, 0) is 6.54 Å². The standard InChI is InChI=1S/C14H16ClN3/c1-10-7-18-14(8-16-10)9-17-11(2)12-3-5-13(15)6-4-12/h3-8,11,17H,9H2,1-2H3. The molecule has 0 saturated heterocycles.